The van der Waals surface area contributed by atoms with Crippen LogP contribution >= 0.6 is 0 Å². The molecule has 0 spiro atoms. The summed E-state index contributed by atoms with van der Waals surface area (Å²) in [4.78, 5) is 0. The zero-order chi connectivity index (χ0) is 6.91. The quantitative estimate of drug-likeness (QED) is 0.609. The summed E-state index contributed by atoms with van der Waals surface area (Å²) >= 11 is 0. The first-order valence-electron chi connectivity index (χ1n) is 3.90. The second-order valence-electron chi connectivity index (χ2n) is 3.70. The minimum Gasteiger partial charge on any atom is -0.313 e. The van der Waals surface area contributed by atoms with Crippen LogP contribution in [0.3, 0.4) is 0 Å². The van der Waals surface area contributed by atoms with Crippen LogP contribution in [0.15, 0.2) is 0 Å². The SMILES string of the molecule is CCCNC1CC1(C)C. The molecule has 1 heteroatoms. The molecule has 0 bridgehead atoms. The minimum absolute atomic E-state index is 0.606. The minimum atomic E-state index is 0.606. The molecule has 0 radical (unpaired) electrons. The van der Waals surface area contributed by atoms with Gasteiger partial charge in [0, 0.05) is 6.04 Å². The first-order chi connectivity index (χ1) is 4.17. The summed E-state index contributed by atoms with van der Waals surface area (Å²) in [6.45, 7) is 8.04. The standard InChI is InChI=1S/C8H17N/c1-4-5-9-7-6-8(7,2)3/h7,9H,4-6H2,1-3H3. The van der Waals surface area contributed by atoms with E-state index in [4.69, 9.17) is 0 Å². The predicted molar refractivity (Wildman–Crippen MR) is 40.5 cm³/mol. The van der Waals surface area contributed by atoms with E-state index in [1.165, 1.54) is 19.4 Å². The summed E-state index contributed by atoms with van der Waals surface area (Å²) in [5, 5.41) is 3.50. The Labute approximate surface area is 57.8 Å². The molecule has 1 nitrogen and oxygen atoms in total. The first-order valence-corrected chi connectivity index (χ1v) is 3.90. The van der Waals surface area contributed by atoms with E-state index in [0.717, 1.165) is 6.04 Å². The van der Waals surface area contributed by atoms with Crippen LogP contribution in [0.5, 0.6) is 0 Å². The van der Waals surface area contributed by atoms with Gasteiger partial charge in [0.15, 0.2) is 0 Å². The molecule has 0 aromatic rings. The Kier molecular flexibility index (Phi) is 1.80. The third-order valence-corrected chi connectivity index (χ3v) is 2.15. The molecule has 1 rings (SSSR count). The van der Waals surface area contributed by atoms with Crippen molar-refractivity contribution in [3.05, 3.63) is 0 Å². The van der Waals surface area contributed by atoms with Gasteiger partial charge in [-0.05, 0) is 24.8 Å². The van der Waals surface area contributed by atoms with Crippen molar-refractivity contribution in [2.45, 2.75) is 39.7 Å². The molecule has 0 heterocycles. The van der Waals surface area contributed by atoms with Crippen molar-refractivity contribution >= 4 is 0 Å². The van der Waals surface area contributed by atoms with E-state index in [-0.39, 0.29) is 0 Å². The number of hydrogen-bond acceptors (Lipinski definition) is 1. The molecule has 1 unspecified atom stereocenters. The Balaban J connectivity index is 2.06. The lowest BCUT2D eigenvalue weighted by Gasteiger charge is -2.03. The van der Waals surface area contributed by atoms with Gasteiger partial charge in [0.1, 0.15) is 0 Å². The molecule has 0 aromatic carbocycles. The van der Waals surface area contributed by atoms with Crippen LogP contribution < -0.4 is 5.32 Å². The number of nitrogens with one attached hydrogen (secondary N) is 1. The van der Waals surface area contributed by atoms with Gasteiger partial charge < -0.3 is 5.32 Å². The normalized spacial score (nSPS) is 30.3. The van der Waals surface area contributed by atoms with E-state index >= 15 is 0 Å². The molecular weight excluding hydrogens is 110 g/mol. The molecule has 0 aliphatic heterocycles. The van der Waals surface area contributed by atoms with Crippen molar-refractivity contribution in [2.24, 2.45) is 5.41 Å². The summed E-state index contributed by atoms with van der Waals surface area (Å²) < 4.78 is 0. The van der Waals surface area contributed by atoms with Crippen LogP contribution in [0.4, 0.5) is 0 Å². The van der Waals surface area contributed by atoms with Crippen LogP contribution in [0, 0.1) is 5.41 Å². The average molecular weight is 127 g/mol. The van der Waals surface area contributed by atoms with Gasteiger partial charge in [-0.2, -0.15) is 0 Å². The highest BCUT2D eigenvalue weighted by molar-refractivity contribution is 5.01. The van der Waals surface area contributed by atoms with Crippen molar-refractivity contribution in [2.75, 3.05) is 6.54 Å². The van der Waals surface area contributed by atoms with E-state index in [1.807, 2.05) is 0 Å². The molecule has 54 valence electrons. The molecule has 0 aromatic heterocycles. The molecule has 1 fully saturated rings. The van der Waals surface area contributed by atoms with Crippen molar-refractivity contribution in [3.63, 3.8) is 0 Å². The summed E-state index contributed by atoms with van der Waals surface area (Å²) in [5.41, 5.74) is 0.606. The molecule has 1 saturated carbocycles. The van der Waals surface area contributed by atoms with Gasteiger partial charge in [0.25, 0.3) is 0 Å². The van der Waals surface area contributed by atoms with Crippen LogP contribution in [-0.2, 0) is 0 Å². The summed E-state index contributed by atoms with van der Waals surface area (Å²) in [7, 11) is 0. The van der Waals surface area contributed by atoms with E-state index in [9.17, 15) is 0 Å². The Bertz CT molecular complexity index is 96.7. The highest BCUT2D eigenvalue weighted by atomic mass is 15.0. The summed E-state index contributed by atoms with van der Waals surface area (Å²) in [5.74, 6) is 0. The smallest absolute Gasteiger partial charge is 0.0124 e. The van der Waals surface area contributed by atoms with Crippen molar-refractivity contribution < 1.29 is 0 Å². The molecule has 1 aliphatic rings. The predicted octanol–water partition coefficient (Wildman–Crippen LogP) is 1.78. The molecule has 0 saturated heterocycles. The zero-order valence-corrected chi connectivity index (χ0v) is 6.70. The van der Waals surface area contributed by atoms with Crippen molar-refractivity contribution in [1.29, 1.82) is 0 Å². The Morgan fingerprint density at radius 2 is 2.11 bits per heavy atom. The lowest BCUT2D eigenvalue weighted by molar-refractivity contribution is 0.541. The fraction of sp³-hybridized carbons (Fsp3) is 1.00. The highest BCUT2D eigenvalue weighted by Gasteiger charge is 2.44. The molecule has 0 amide bonds. The van der Waals surface area contributed by atoms with Gasteiger partial charge in [0.05, 0.1) is 0 Å². The molecular formula is C8H17N. The van der Waals surface area contributed by atoms with Gasteiger partial charge >= 0.3 is 0 Å². The second-order valence-corrected chi connectivity index (χ2v) is 3.70. The largest absolute Gasteiger partial charge is 0.313 e. The maximum Gasteiger partial charge on any atom is 0.0124 e. The monoisotopic (exact) mass is 127 g/mol. The Morgan fingerprint density at radius 3 is 2.44 bits per heavy atom. The van der Waals surface area contributed by atoms with E-state index in [2.05, 4.69) is 26.1 Å². The number of rotatable bonds is 3. The average Bonchev–Trinajstić information content (AvgIpc) is 2.35. The fourth-order valence-electron chi connectivity index (χ4n) is 1.13. The van der Waals surface area contributed by atoms with E-state index in [0.29, 0.717) is 5.41 Å². The van der Waals surface area contributed by atoms with Crippen molar-refractivity contribution in [1.82, 2.24) is 5.32 Å². The topological polar surface area (TPSA) is 12.0 Å². The third kappa shape index (κ3) is 1.68. The fourth-order valence-corrected chi connectivity index (χ4v) is 1.13. The van der Waals surface area contributed by atoms with Crippen LogP contribution in [-0.4, -0.2) is 12.6 Å². The summed E-state index contributed by atoms with van der Waals surface area (Å²) in [6, 6.07) is 0.817. The number of hydrogen-bond donors (Lipinski definition) is 1. The van der Waals surface area contributed by atoms with Crippen LogP contribution in [0.1, 0.15) is 33.6 Å². The van der Waals surface area contributed by atoms with Crippen molar-refractivity contribution in [3.8, 4) is 0 Å². The first kappa shape index (κ1) is 7.07. The molecule has 1 atom stereocenters. The van der Waals surface area contributed by atoms with E-state index in [1.54, 1.807) is 0 Å². The highest BCUT2D eigenvalue weighted by Crippen LogP contribution is 2.44. The summed E-state index contributed by atoms with van der Waals surface area (Å²) in [6.07, 6.45) is 2.62. The molecule has 1 aliphatic carbocycles. The van der Waals surface area contributed by atoms with Gasteiger partial charge in [-0.1, -0.05) is 20.8 Å². The van der Waals surface area contributed by atoms with Crippen LogP contribution in [0.25, 0.3) is 0 Å². The van der Waals surface area contributed by atoms with Gasteiger partial charge in [-0.15, -0.1) is 0 Å². The maximum absolute atomic E-state index is 3.50. The lowest BCUT2D eigenvalue weighted by atomic mass is 10.2. The molecule has 1 N–H and O–H groups in total. The van der Waals surface area contributed by atoms with Gasteiger partial charge in [-0.25, -0.2) is 0 Å². The maximum atomic E-state index is 3.50. The Hall–Kier alpha value is -0.0400. The Morgan fingerprint density at radius 1 is 1.56 bits per heavy atom. The molecule has 9 heavy (non-hydrogen) atoms. The third-order valence-electron chi connectivity index (χ3n) is 2.15. The zero-order valence-electron chi connectivity index (χ0n) is 6.70. The second kappa shape index (κ2) is 2.30. The van der Waals surface area contributed by atoms with Gasteiger partial charge in [0.2, 0.25) is 0 Å². The van der Waals surface area contributed by atoms with E-state index < -0.39 is 0 Å². The lowest BCUT2D eigenvalue weighted by Crippen LogP contribution is -2.20. The van der Waals surface area contributed by atoms with Gasteiger partial charge in [-0.3, -0.25) is 0 Å². The van der Waals surface area contributed by atoms with Crippen LogP contribution in [0.2, 0.25) is 0 Å².